The van der Waals surface area contributed by atoms with Crippen molar-refractivity contribution >= 4 is 18.6 Å². The molecule has 0 radical (unpaired) electrons. The van der Waals surface area contributed by atoms with E-state index in [0.717, 1.165) is 6.07 Å². The molecule has 1 aromatic carbocycles. The maximum absolute atomic E-state index is 13.1. The van der Waals surface area contributed by atoms with Gasteiger partial charge < -0.3 is 4.74 Å². The fourth-order valence-corrected chi connectivity index (χ4v) is 1.11. The molecule has 0 unspecified atom stereocenters. The van der Waals surface area contributed by atoms with Crippen LogP contribution in [0.1, 0.15) is 31.1 Å². The molecule has 1 rings (SSSR count). The van der Waals surface area contributed by atoms with Crippen LogP contribution >= 0.6 is 12.6 Å². The van der Waals surface area contributed by atoms with E-state index >= 15 is 0 Å². The third-order valence-corrected chi connectivity index (χ3v) is 1.94. The number of thiol groups is 1. The molecule has 15 heavy (non-hydrogen) atoms. The largest absolute Gasteiger partial charge is 0.456 e. The van der Waals surface area contributed by atoms with Gasteiger partial charge in [0.05, 0.1) is 5.56 Å². The Hall–Kier alpha value is -1.03. The van der Waals surface area contributed by atoms with Crippen LogP contribution in [-0.2, 0) is 4.74 Å². The van der Waals surface area contributed by atoms with Crippen molar-refractivity contribution in [1.29, 1.82) is 0 Å². The summed E-state index contributed by atoms with van der Waals surface area (Å²) in [7, 11) is 0. The predicted octanol–water partition coefficient (Wildman–Crippen LogP) is 3.07. The van der Waals surface area contributed by atoms with Gasteiger partial charge in [0.15, 0.2) is 0 Å². The zero-order valence-electron chi connectivity index (χ0n) is 8.87. The van der Waals surface area contributed by atoms with Crippen LogP contribution in [0, 0.1) is 5.82 Å². The van der Waals surface area contributed by atoms with Gasteiger partial charge in [0, 0.05) is 4.90 Å². The molecular weight excluding hydrogens is 215 g/mol. The van der Waals surface area contributed by atoms with E-state index in [0.29, 0.717) is 0 Å². The van der Waals surface area contributed by atoms with Crippen molar-refractivity contribution < 1.29 is 13.9 Å². The highest BCUT2D eigenvalue weighted by atomic mass is 32.1. The summed E-state index contributed by atoms with van der Waals surface area (Å²) in [6, 6.07) is 4.04. The summed E-state index contributed by atoms with van der Waals surface area (Å²) in [6.45, 7) is 5.27. The quantitative estimate of drug-likeness (QED) is 0.590. The second kappa shape index (κ2) is 4.23. The lowest BCUT2D eigenvalue weighted by Gasteiger charge is -2.19. The van der Waals surface area contributed by atoms with E-state index in [4.69, 9.17) is 4.74 Å². The van der Waals surface area contributed by atoms with E-state index in [1.54, 1.807) is 20.8 Å². The van der Waals surface area contributed by atoms with Gasteiger partial charge >= 0.3 is 5.97 Å². The standard InChI is InChI=1S/C11H13FO2S/c1-11(2,3)14-10(13)7-4-5-9(15)8(12)6-7/h4-6,15H,1-3H3. The van der Waals surface area contributed by atoms with Crippen molar-refractivity contribution in [2.45, 2.75) is 31.3 Å². The Bertz CT molecular complexity index is 383. The van der Waals surface area contributed by atoms with Gasteiger partial charge in [-0.1, -0.05) is 0 Å². The third kappa shape index (κ3) is 3.55. The summed E-state index contributed by atoms with van der Waals surface area (Å²) in [5.74, 6) is -1.06. The average Bonchev–Trinajstić information content (AvgIpc) is 2.06. The zero-order valence-corrected chi connectivity index (χ0v) is 9.77. The molecule has 0 spiro atoms. The molecule has 0 heterocycles. The number of benzene rings is 1. The van der Waals surface area contributed by atoms with E-state index in [1.165, 1.54) is 12.1 Å². The summed E-state index contributed by atoms with van der Waals surface area (Å²) < 4.78 is 18.2. The maximum atomic E-state index is 13.1. The van der Waals surface area contributed by atoms with Gasteiger partial charge in [0.25, 0.3) is 0 Å². The molecule has 1 aromatic rings. The van der Waals surface area contributed by atoms with Gasteiger partial charge in [-0.05, 0) is 39.0 Å². The van der Waals surface area contributed by atoms with Gasteiger partial charge in [0.1, 0.15) is 11.4 Å². The van der Waals surface area contributed by atoms with Crippen molar-refractivity contribution in [2.24, 2.45) is 0 Å². The average molecular weight is 228 g/mol. The lowest BCUT2D eigenvalue weighted by atomic mass is 10.1. The zero-order chi connectivity index (χ0) is 11.6. The van der Waals surface area contributed by atoms with Crippen molar-refractivity contribution in [2.75, 3.05) is 0 Å². The van der Waals surface area contributed by atoms with Crippen LogP contribution < -0.4 is 0 Å². The lowest BCUT2D eigenvalue weighted by molar-refractivity contribution is 0.00689. The molecule has 0 saturated carbocycles. The Kier molecular flexibility index (Phi) is 3.39. The second-order valence-corrected chi connectivity index (χ2v) is 4.65. The third-order valence-electron chi connectivity index (χ3n) is 1.58. The van der Waals surface area contributed by atoms with Gasteiger partial charge in [-0.15, -0.1) is 12.6 Å². The molecule has 2 nitrogen and oxygen atoms in total. The van der Waals surface area contributed by atoms with Crippen LogP contribution in [-0.4, -0.2) is 11.6 Å². The van der Waals surface area contributed by atoms with E-state index < -0.39 is 17.4 Å². The summed E-state index contributed by atoms with van der Waals surface area (Å²) in [4.78, 5) is 11.7. The highest BCUT2D eigenvalue weighted by Crippen LogP contribution is 2.17. The van der Waals surface area contributed by atoms with Crippen molar-refractivity contribution in [3.63, 3.8) is 0 Å². The fourth-order valence-electron chi connectivity index (χ4n) is 0.971. The van der Waals surface area contributed by atoms with Crippen molar-refractivity contribution in [3.05, 3.63) is 29.6 Å². The Morgan fingerprint density at radius 3 is 2.47 bits per heavy atom. The Morgan fingerprint density at radius 2 is 2.00 bits per heavy atom. The Morgan fingerprint density at radius 1 is 1.40 bits per heavy atom. The summed E-state index contributed by atoms with van der Waals surface area (Å²) in [6.07, 6.45) is 0. The molecule has 0 aromatic heterocycles. The summed E-state index contributed by atoms with van der Waals surface area (Å²) in [5, 5.41) is 0. The van der Waals surface area contributed by atoms with E-state index in [9.17, 15) is 9.18 Å². The first-order chi connectivity index (χ1) is 6.79. The molecule has 0 aliphatic rings. The molecular formula is C11H13FO2S. The van der Waals surface area contributed by atoms with Crippen LogP contribution in [0.25, 0.3) is 0 Å². The highest BCUT2D eigenvalue weighted by molar-refractivity contribution is 7.80. The topological polar surface area (TPSA) is 26.3 Å². The molecule has 0 N–H and O–H groups in total. The van der Waals surface area contributed by atoms with E-state index in [2.05, 4.69) is 12.6 Å². The number of halogens is 1. The maximum Gasteiger partial charge on any atom is 0.338 e. The minimum Gasteiger partial charge on any atom is -0.456 e. The van der Waals surface area contributed by atoms with Crippen LogP contribution in [0.4, 0.5) is 4.39 Å². The molecule has 0 aliphatic carbocycles. The van der Waals surface area contributed by atoms with Crippen LogP contribution in [0.3, 0.4) is 0 Å². The summed E-state index contributed by atoms with van der Waals surface area (Å²) >= 11 is 3.87. The van der Waals surface area contributed by atoms with Gasteiger partial charge in [-0.25, -0.2) is 9.18 Å². The number of carbonyl (C=O) groups is 1. The second-order valence-electron chi connectivity index (χ2n) is 4.17. The number of hydrogen-bond donors (Lipinski definition) is 1. The SMILES string of the molecule is CC(C)(C)OC(=O)c1ccc(S)c(F)c1. The van der Waals surface area contributed by atoms with Gasteiger partial charge in [0.2, 0.25) is 0 Å². The number of rotatable bonds is 1. The number of carbonyl (C=O) groups excluding carboxylic acids is 1. The van der Waals surface area contributed by atoms with E-state index in [1.807, 2.05) is 0 Å². The lowest BCUT2D eigenvalue weighted by Crippen LogP contribution is -2.23. The molecule has 0 fully saturated rings. The van der Waals surface area contributed by atoms with Crippen molar-refractivity contribution in [1.82, 2.24) is 0 Å². The van der Waals surface area contributed by atoms with Crippen LogP contribution in [0.5, 0.6) is 0 Å². The molecule has 0 bridgehead atoms. The van der Waals surface area contributed by atoms with Gasteiger partial charge in [-0.2, -0.15) is 0 Å². The fraction of sp³-hybridized carbons (Fsp3) is 0.364. The molecule has 0 atom stereocenters. The monoisotopic (exact) mass is 228 g/mol. The van der Waals surface area contributed by atoms with Crippen LogP contribution in [0.2, 0.25) is 0 Å². The minimum absolute atomic E-state index is 0.195. The van der Waals surface area contributed by atoms with Crippen molar-refractivity contribution in [3.8, 4) is 0 Å². The summed E-state index contributed by atoms with van der Waals surface area (Å²) in [5.41, 5.74) is -0.382. The normalized spacial score (nSPS) is 11.3. The first-order valence-corrected chi connectivity index (χ1v) is 4.96. The van der Waals surface area contributed by atoms with Crippen LogP contribution in [0.15, 0.2) is 23.1 Å². The molecule has 82 valence electrons. The molecule has 0 saturated heterocycles. The van der Waals surface area contributed by atoms with E-state index in [-0.39, 0.29) is 10.5 Å². The first kappa shape index (κ1) is 12.0. The number of hydrogen-bond acceptors (Lipinski definition) is 3. The highest BCUT2D eigenvalue weighted by Gasteiger charge is 2.18. The first-order valence-electron chi connectivity index (χ1n) is 4.51. The number of esters is 1. The van der Waals surface area contributed by atoms with Gasteiger partial charge in [-0.3, -0.25) is 0 Å². The Balaban J connectivity index is 2.88. The smallest absolute Gasteiger partial charge is 0.338 e. The molecule has 4 heteroatoms. The number of ether oxygens (including phenoxy) is 1. The Labute approximate surface area is 93.9 Å². The minimum atomic E-state index is -0.576. The molecule has 0 aliphatic heterocycles. The molecule has 0 amide bonds. The predicted molar refractivity (Wildman–Crippen MR) is 58.8 cm³/mol.